The van der Waals surface area contributed by atoms with Crippen LogP contribution >= 0.6 is 23.4 Å². The van der Waals surface area contributed by atoms with E-state index in [0.29, 0.717) is 11.5 Å². The zero-order valence-electron chi connectivity index (χ0n) is 14.7. The number of benzene rings is 1. The molecule has 0 radical (unpaired) electrons. The fourth-order valence-corrected chi connectivity index (χ4v) is 4.39. The standard InChI is InChI=1S/C20H23ClN2OS/c1-14-6-8-23(9-7-14)20(24)17-10-16(11-22-12-17)13-25-19-15(2)4-3-5-18(19)21/h3-5,10-12,14H,6-9,13H2,1-2H3. The van der Waals surface area contributed by atoms with Crippen LogP contribution in [0.1, 0.15) is 41.3 Å². The normalized spacial score (nSPS) is 15.4. The van der Waals surface area contributed by atoms with Crippen molar-refractivity contribution in [3.63, 3.8) is 0 Å². The molecule has 1 amide bonds. The molecule has 1 saturated heterocycles. The van der Waals surface area contributed by atoms with Gasteiger partial charge in [0, 0.05) is 36.1 Å². The van der Waals surface area contributed by atoms with Crippen LogP contribution in [0.2, 0.25) is 5.02 Å². The number of likely N-dealkylation sites (tertiary alicyclic amines) is 1. The Bertz CT molecular complexity index is 737. The van der Waals surface area contributed by atoms with E-state index in [4.69, 9.17) is 11.6 Å². The van der Waals surface area contributed by atoms with E-state index in [9.17, 15) is 4.79 Å². The smallest absolute Gasteiger partial charge is 0.255 e. The van der Waals surface area contributed by atoms with Crippen molar-refractivity contribution < 1.29 is 4.79 Å². The van der Waals surface area contributed by atoms with Gasteiger partial charge in [0.25, 0.3) is 5.91 Å². The van der Waals surface area contributed by atoms with Crippen LogP contribution in [-0.4, -0.2) is 28.9 Å². The maximum Gasteiger partial charge on any atom is 0.255 e. The van der Waals surface area contributed by atoms with Gasteiger partial charge in [-0.2, -0.15) is 0 Å². The van der Waals surface area contributed by atoms with E-state index in [-0.39, 0.29) is 5.91 Å². The molecule has 0 atom stereocenters. The Labute approximate surface area is 158 Å². The van der Waals surface area contributed by atoms with Crippen molar-refractivity contribution in [1.82, 2.24) is 9.88 Å². The van der Waals surface area contributed by atoms with Gasteiger partial charge < -0.3 is 4.90 Å². The molecule has 0 N–H and O–H groups in total. The molecule has 0 unspecified atom stereocenters. The van der Waals surface area contributed by atoms with Crippen molar-refractivity contribution in [2.45, 2.75) is 37.3 Å². The lowest BCUT2D eigenvalue weighted by atomic mass is 9.99. The van der Waals surface area contributed by atoms with Gasteiger partial charge in [0.2, 0.25) is 0 Å². The first kappa shape index (κ1) is 18.3. The Kier molecular flexibility index (Phi) is 6.02. The summed E-state index contributed by atoms with van der Waals surface area (Å²) in [5.74, 6) is 1.55. The number of hydrogen-bond acceptors (Lipinski definition) is 3. The number of hydrogen-bond donors (Lipinski definition) is 0. The third-order valence-corrected chi connectivity index (χ3v) is 6.39. The van der Waals surface area contributed by atoms with Crippen LogP contribution in [0, 0.1) is 12.8 Å². The quantitative estimate of drug-likeness (QED) is 0.689. The van der Waals surface area contributed by atoms with Gasteiger partial charge in [0.05, 0.1) is 10.6 Å². The summed E-state index contributed by atoms with van der Waals surface area (Å²) < 4.78 is 0. The molecule has 1 aliphatic rings. The second-order valence-electron chi connectivity index (χ2n) is 6.73. The molecule has 2 aromatic rings. The molecule has 0 saturated carbocycles. The molecule has 1 aromatic heterocycles. The van der Waals surface area contributed by atoms with Crippen molar-refractivity contribution >= 4 is 29.3 Å². The Balaban J connectivity index is 1.68. The van der Waals surface area contributed by atoms with Gasteiger partial charge in [-0.05, 0) is 48.9 Å². The summed E-state index contributed by atoms with van der Waals surface area (Å²) >= 11 is 7.98. The predicted molar refractivity (Wildman–Crippen MR) is 104 cm³/mol. The highest BCUT2D eigenvalue weighted by Crippen LogP contribution is 2.32. The number of pyridine rings is 1. The first-order valence-corrected chi connectivity index (χ1v) is 10.0. The number of carbonyl (C=O) groups is 1. The van der Waals surface area contributed by atoms with Crippen LogP contribution in [0.3, 0.4) is 0 Å². The first-order chi connectivity index (χ1) is 12.0. The summed E-state index contributed by atoms with van der Waals surface area (Å²) in [6, 6.07) is 7.89. The van der Waals surface area contributed by atoms with E-state index < -0.39 is 0 Å². The maximum absolute atomic E-state index is 12.7. The molecular weight excluding hydrogens is 352 g/mol. The average Bonchev–Trinajstić information content (AvgIpc) is 2.62. The van der Waals surface area contributed by atoms with E-state index in [1.54, 1.807) is 18.0 Å². The highest BCUT2D eigenvalue weighted by Gasteiger charge is 2.21. The van der Waals surface area contributed by atoms with E-state index in [1.165, 1.54) is 5.56 Å². The van der Waals surface area contributed by atoms with Gasteiger partial charge in [-0.3, -0.25) is 9.78 Å². The molecule has 0 spiro atoms. The summed E-state index contributed by atoms with van der Waals surface area (Å²) in [6.07, 6.45) is 5.67. The number of nitrogens with zero attached hydrogens (tertiary/aromatic N) is 2. The van der Waals surface area contributed by atoms with Gasteiger partial charge in [-0.25, -0.2) is 0 Å². The molecule has 2 heterocycles. The molecule has 1 fully saturated rings. The monoisotopic (exact) mass is 374 g/mol. The third kappa shape index (κ3) is 4.56. The zero-order valence-corrected chi connectivity index (χ0v) is 16.2. The topological polar surface area (TPSA) is 33.2 Å². The molecule has 3 nitrogen and oxygen atoms in total. The average molecular weight is 375 g/mol. The van der Waals surface area contributed by atoms with Gasteiger partial charge in [-0.1, -0.05) is 30.7 Å². The largest absolute Gasteiger partial charge is 0.339 e. The van der Waals surface area contributed by atoms with Gasteiger partial charge in [0.15, 0.2) is 0 Å². The minimum Gasteiger partial charge on any atom is -0.339 e. The number of amides is 1. The Hall–Kier alpha value is -1.52. The summed E-state index contributed by atoms with van der Waals surface area (Å²) in [5, 5.41) is 0.771. The summed E-state index contributed by atoms with van der Waals surface area (Å²) in [4.78, 5) is 20.0. The number of rotatable bonds is 4. The molecule has 1 aliphatic heterocycles. The van der Waals surface area contributed by atoms with Gasteiger partial charge in [-0.15, -0.1) is 11.8 Å². The lowest BCUT2D eigenvalue weighted by Crippen LogP contribution is -2.37. The zero-order chi connectivity index (χ0) is 17.8. The number of carbonyl (C=O) groups excluding carboxylic acids is 1. The fraction of sp³-hybridized carbons (Fsp3) is 0.400. The van der Waals surface area contributed by atoms with E-state index in [2.05, 4.69) is 24.9 Å². The summed E-state index contributed by atoms with van der Waals surface area (Å²) in [5.41, 5.74) is 2.89. The van der Waals surface area contributed by atoms with Gasteiger partial charge >= 0.3 is 0 Å². The minimum atomic E-state index is 0.0974. The van der Waals surface area contributed by atoms with E-state index in [1.807, 2.05) is 29.3 Å². The molecule has 3 rings (SSSR count). The molecule has 132 valence electrons. The maximum atomic E-state index is 12.7. The number of aryl methyl sites for hydroxylation is 1. The second kappa shape index (κ2) is 8.24. The second-order valence-corrected chi connectivity index (χ2v) is 8.12. The molecule has 25 heavy (non-hydrogen) atoms. The Morgan fingerprint density at radius 3 is 2.80 bits per heavy atom. The van der Waals surface area contributed by atoms with Crippen LogP contribution in [0.15, 0.2) is 41.6 Å². The fourth-order valence-electron chi connectivity index (χ4n) is 3.03. The number of piperidine rings is 1. The highest BCUT2D eigenvalue weighted by atomic mass is 35.5. The van der Waals surface area contributed by atoms with Crippen molar-refractivity contribution in [1.29, 1.82) is 0 Å². The first-order valence-electron chi connectivity index (χ1n) is 8.65. The number of thioether (sulfide) groups is 1. The molecule has 0 bridgehead atoms. The van der Waals surface area contributed by atoms with Crippen LogP contribution in [0.5, 0.6) is 0 Å². The van der Waals surface area contributed by atoms with Gasteiger partial charge in [0.1, 0.15) is 0 Å². The predicted octanol–water partition coefficient (Wildman–Crippen LogP) is 5.21. The third-order valence-electron chi connectivity index (χ3n) is 4.66. The molecular formula is C20H23ClN2OS. The number of halogens is 1. The number of aromatic nitrogens is 1. The highest BCUT2D eigenvalue weighted by molar-refractivity contribution is 7.98. The SMILES string of the molecule is Cc1cccc(Cl)c1SCc1cncc(C(=O)N2CCC(C)CC2)c1. The molecule has 5 heteroatoms. The minimum absolute atomic E-state index is 0.0974. The lowest BCUT2D eigenvalue weighted by molar-refractivity contribution is 0.0696. The van der Waals surface area contributed by atoms with Crippen molar-refractivity contribution in [2.75, 3.05) is 13.1 Å². The Morgan fingerprint density at radius 1 is 1.32 bits per heavy atom. The van der Waals surface area contributed by atoms with Crippen LogP contribution in [-0.2, 0) is 5.75 Å². The lowest BCUT2D eigenvalue weighted by Gasteiger charge is -2.30. The van der Waals surface area contributed by atoms with Crippen LogP contribution in [0.4, 0.5) is 0 Å². The van der Waals surface area contributed by atoms with E-state index >= 15 is 0 Å². The Morgan fingerprint density at radius 2 is 2.08 bits per heavy atom. The van der Waals surface area contributed by atoms with Crippen molar-refractivity contribution in [3.05, 3.63) is 58.4 Å². The van der Waals surface area contributed by atoms with Crippen LogP contribution < -0.4 is 0 Å². The van der Waals surface area contributed by atoms with Crippen LogP contribution in [0.25, 0.3) is 0 Å². The van der Waals surface area contributed by atoms with E-state index in [0.717, 1.165) is 47.2 Å². The summed E-state index contributed by atoms with van der Waals surface area (Å²) in [6.45, 7) is 6.00. The van der Waals surface area contributed by atoms with Crippen molar-refractivity contribution in [3.8, 4) is 0 Å². The van der Waals surface area contributed by atoms with Crippen molar-refractivity contribution in [2.24, 2.45) is 5.92 Å². The molecule has 1 aromatic carbocycles. The molecule has 0 aliphatic carbocycles. The summed E-state index contributed by atoms with van der Waals surface area (Å²) in [7, 11) is 0.